The number of hydrogen-bond donors (Lipinski definition) is 0. The van der Waals surface area contributed by atoms with Crippen molar-refractivity contribution in [2.75, 3.05) is 44.4 Å². The second-order valence-electron chi connectivity index (χ2n) is 8.67. The quantitative estimate of drug-likeness (QED) is 0.555. The molecule has 1 unspecified atom stereocenters. The summed E-state index contributed by atoms with van der Waals surface area (Å²) in [7, 11) is 0. The molecule has 3 aromatic rings. The van der Waals surface area contributed by atoms with Gasteiger partial charge in [0.15, 0.2) is 22.3 Å². The van der Waals surface area contributed by atoms with E-state index in [1.807, 2.05) is 29.2 Å². The van der Waals surface area contributed by atoms with Crippen molar-refractivity contribution in [1.82, 2.24) is 14.8 Å². The van der Waals surface area contributed by atoms with Gasteiger partial charge in [-0.15, -0.1) is 11.3 Å². The van der Waals surface area contributed by atoms with E-state index in [-0.39, 0.29) is 30.9 Å². The van der Waals surface area contributed by atoms with Crippen molar-refractivity contribution < 1.29 is 23.5 Å². The molecule has 2 amide bonds. The van der Waals surface area contributed by atoms with Crippen molar-refractivity contribution in [3.05, 3.63) is 47.7 Å². The maximum atomic E-state index is 13.2. The molecule has 176 valence electrons. The lowest BCUT2D eigenvalue weighted by atomic mass is 10.1. The van der Waals surface area contributed by atoms with E-state index in [1.54, 1.807) is 28.6 Å². The number of anilines is 1. The molecule has 5 heterocycles. The van der Waals surface area contributed by atoms with Crippen molar-refractivity contribution in [3.63, 3.8) is 0 Å². The van der Waals surface area contributed by atoms with Crippen LogP contribution in [-0.2, 0) is 16.1 Å². The molecular weight excluding hydrogens is 456 g/mol. The van der Waals surface area contributed by atoms with E-state index in [9.17, 15) is 9.59 Å². The lowest BCUT2D eigenvalue weighted by Gasteiger charge is -2.35. The molecule has 0 saturated carbocycles. The maximum Gasteiger partial charge on any atom is 0.231 e. The second-order valence-corrected chi connectivity index (χ2v) is 9.52. The molecule has 0 radical (unpaired) electrons. The first-order valence-corrected chi connectivity index (χ1v) is 12.2. The highest BCUT2D eigenvalue weighted by Crippen LogP contribution is 2.37. The maximum absolute atomic E-state index is 13.2. The molecule has 3 aliphatic heterocycles. The summed E-state index contributed by atoms with van der Waals surface area (Å²) in [4.78, 5) is 36.4. The number of hydrogen-bond acceptors (Lipinski definition) is 8. The van der Waals surface area contributed by atoms with Crippen LogP contribution in [0.4, 0.5) is 5.69 Å². The fourth-order valence-electron chi connectivity index (χ4n) is 4.68. The van der Waals surface area contributed by atoms with E-state index >= 15 is 0 Å². The Morgan fingerprint density at radius 2 is 1.97 bits per heavy atom. The molecule has 1 aromatic carbocycles. The molecule has 34 heavy (non-hydrogen) atoms. The van der Waals surface area contributed by atoms with Gasteiger partial charge in [0.1, 0.15) is 0 Å². The number of fused-ring (bicyclic) bond motifs is 1. The number of rotatable bonds is 5. The Hall–Kier alpha value is -3.37. The van der Waals surface area contributed by atoms with Crippen molar-refractivity contribution >= 4 is 28.8 Å². The van der Waals surface area contributed by atoms with Crippen LogP contribution in [0.15, 0.2) is 46.4 Å². The predicted molar refractivity (Wildman–Crippen MR) is 125 cm³/mol. The summed E-state index contributed by atoms with van der Waals surface area (Å²) in [6.45, 7) is 4.21. The first-order chi connectivity index (χ1) is 16.6. The van der Waals surface area contributed by atoms with E-state index in [2.05, 4.69) is 15.3 Å². The summed E-state index contributed by atoms with van der Waals surface area (Å²) in [6, 6.07) is 9.22. The normalized spacial score (nSPS) is 20.4. The first kappa shape index (κ1) is 21.2. The van der Waals surface area contributed by atoms with E-state index in [4.69, 9.17) is 13.9 Å². The minimum absolute atomic E-state index is 0.0354. The number of benzene rings is 1. The Bertz CT molecular complexity index is 1200. The number of carbonyl (C=O) groups is 2. The molecule has 0 spiro atoms. The Morgan fingerprint density at radius 3 is 2.79 bits per heavy atom. The molecule has 0 bridgehead atoms. The Morgan fingerprint density at radius 1 is 1.12 bits per heavy atom. The van der Waals surface area contributed by atoms with Crippen LogP contribution in [0, 0.1) is 5.92 Å². The summed E-state index contributed by atoms with van der Waals surface area (Å²) in [5.41, 5.74) is 1.75. The van der Waals surface area contributed by atoms with E-state index in [0.717, 1.165) is 41.8 Å². The van der Waals surface area contributed by atoms with Gasteiger partial charge >= 0.3 is 0 Å². The van der Waals surface area contributed by atoms with Gasteiger partial charge in [0.05, 0.1) is 17.9 Å². The molecule has 3 aliphatic rings. The third-order valence-electron chi connectivity index (χ3n) is 6.50. The van der Waals surface area contributed by atoms with E-state index < -0.39 is 0 Å². The lowest BCUT2D eigenvalue weighted by Crippen LogP contribution is -2.50. The zero-order valence-electron chi connectivity index (χ0n) is 18.5. The van der Waals surface area contributed by atoms with Crippen molar-refractivity contribution in [2.45, 2.75) is 13.0 Å². The van der Waals surface area contributed by atoms with Crippen molar-refractivity contribution in [3.8, 4) is 22.3 Å². The van der Waals surface area contributed by atoms with Gasteiger partial charge in [0, 0.05) is 62.8 Å². The molecule has 9 nitrogen and oxygen atoms in total. The summed E-state index contributed by atoms with van der Waals surface area (Å²) in [6.07, 6.45) is 1.89. The fourth-order valence-corrected chi connectivity index (χ4v) is 5.46. The Kier molecular flexibility index (Phi) is 5.46. The largest absolute Gasteiger partial charge is 0.462 e. The third-order valence-corrected chi connectivity index (χ3v) is 7.40. The summed E-state index contributed by atoms with van der Waals surface area (Å²) < 4.78 is 16.2. The van der Waals surface area contributed by atoms with Crippen LogP contribution < -0.4 is 14.4 Å². The minimum Gasteiger partial charge on any atom is -0.462 e. The van der Waals surface area contributed by atoms with Crippen LogP contribution in [-0.4, -0.2) is 66.1 Å². The molecule has 2 aromatic heterocycles. The zero-order valence-corrected chi connectivity index (χ0v) is 19.3. The highest BCUT2D eigenvalue weighted by atomic mass is 32.1. The lowest BCUT2D eigenvalue weighted by molar-refractivity contribution is -0.137. The molecule has 6 rings (SSSR count). The Labute approximate surface area is 200 Å². The van der Waals surface area contributed by atoms with Gasteiger partial charge in [-0.2, -0.15) is 0 Å². The van der Waals surface area contributed by atoms with Gasteiger partial charge in [-0.05, 0) is 24.3 Å². The van der Waals surface area contributed by atoms with Crippen LogP contribution in [0.3, 0.4) is 0 Å². The molecule has 2 saturated heterocycles. The monoisotopic (exact) mass is 480 g/mol. The number of nitrogens with zero attached hydrogens (tertiary/aromatic N) is 4. The SMILES string of the molecule is O=C(C1CC(=O)N(c2ccc3c(c2)OCO3)C1)N1CCN(Cc2csc(-c3ccco3)n2)CC1. The highest BCUT2D eigenvalue weighted by molar-refractivity contribution is 7.13. The highest BCUT2D eigenvalue weighted by Gasteiger charge is 2.38. The van der Waals surface area contributed by atoms with E-state index in [1.165, 1.54) is 0 Å². The third kappa shape index (κ3) is 4.03. The molecule has 0 aliphatic carbocycles. The number of carbonyl (C=O) groups excluding carboxylic acids is 2. The molecule has 2 fully saturated rings. The molecule has 0 N–H and O–H groups in total. The topological polar surface area (TPSA) is 88.4 Å². The molecule has 1 atom stereocenters. The van der Waals surface area contributed by atoms with Gasteiger partial charge in [0.25, 0.3) is 0 Å². The number of piperazine rings is 1. The van der Waals surface area contributed by atoms with Gasteiger partial charge in [-0.25, -0.2) is 4.98 Å². The van der Waals surface area contributed by atoms with Gasteiger partial charge < -0.3 is 23.7 Å². The van der Waals surface area contributed by atoms with Crippen LogP contribution in [0.5, 0.6) is 11.5 Å². The fraction of sp³-hybridized carbons (Fsp3) is 0.375. The molecular formula is C24H24N4O5S. The number of furan rings is 1. The van der Waals surface area contributed by atoms with Gasteiger partial charge in [0.2, 0.25) is 18.6 Å². The molecule has 10 heteroatoms. The Balaban J connectivity index is 1.03. The van der Waals surface area contributed by atoms with E-state index in [0.29, 0.717) is 31.1 Å². The second kappa shape index (κ2) is 8.77. The summed E-state index contributed by atoms with van der Waals surface area (Å²) >= 11 is 1.58. The summed E-state index contributed by atoms with van der Waals surface area (Å²) in [5.74, 6) is 1.80. The average Bonchev–Trinajstić information content (AvgIpc) is 3.65. The minimum atomic E-state index is -0.320. The number of thiazole rings is 1. The van der Waals surface area contributed by atoms with Crippen LogP contribution in [0.25, 0.3) is 10.8 Å². The average molecular weight is 481 g/mol. The standard InChI is InChI=1S/C24H24N4O5S/c29-22-10-16(12-28(22)18-3-4-19-21(11-18)33-15-32-19)24(30)27-7-5-26(6-8-27)13-17-14-34-23(25-17)20-2-1-9-31-20/h1-4,9,11,14,16H,5-8,10,12-13,15H2. The predicted octanol–water partition coefficient (Wildman–Crippen LogP) is 2.83. The number of ether oxygens (including phenoxy) is 2. The van der Waals surface area contributed by atoms with Gasteiger partial charge in [-0.1, -0.05) is 0 Å². The smallest absolute Gasteiger partial charge is 0.231 e. The number of aromatic nitrogens is 1. The number of amides is 2. The van der Waals surface area contributed by atoms with Crippen LogP contribution >= 0.6 is 11.3 Å². The summed E-state index contributed by atoms with van der Waals surface area (Å²) in [5, 5.41) is 2.94. The van der Waals surface area contributed by atoms with Crippen molar-refractivity contribution in [2.24, 2.45) is 5.92 Å². The first-order valence-electron chi connectivity index (χ1n) is 11.3. The van der Waals surface area contributed by atoms with Crippen LogP contribution in [0.2, 0.25) is 0 Å². The van der Waals surface area contributed by atoms with Crippen LogP contribution in [0.1, 0.15) is 12.1 Å². The van der Waals surface area contributed by atoms with Crippen molar-refractivity contribution in [1.29, 1.82) is 0 Å². The van der Waals surface area contributed by atoms with Gasteiger partial charge in [-0.3, -0.25) is 14.5 Å². The zero-order chi connectivity index (χ0) is 23.1.